The molecule has 92 valence electrons. The fourth-order valence-corrected chi connectivity index (χ4v) is 1.83. The van der Waals surface area contributed by atoms with Crippen LogP contribution in [0.4, 0.5) is 0 Å². The van der Waals surface area contributed by atoms with Crippen LogP contribution in [-0.4, -0.2) is 46.9 Å². The predicted molar refractivity (Wildman–Crippen MR) is 60.3 cm³/mol. The predicted octanol–water partition coefficient (Wildman–Crippen LogP) is 0.112. The molecule has 2 rings (SSSR count). The number of phenolic OH excluding ortho intramolecular Hbond substituents is 1. The Morgan fingerprint density at radius 3 is 2.71 bits per heavy atom. The highest BCUT2D eigenvalue weighted by Crippen LogP contribution is 2.15. The Kier molecular flexibility index (Phi) is 3.61. The topological polar surface area (TPSA) is 70.0 Å². The first-order chi connectivity index (χ1) is 8.20. The van der Waals surface area contributed by atoms with Crippen LogP contribution in [-0.2, 0) is 16.1 Å². The maximum atomic E-state index is 11.7. The summed E-state index contributed by atoms with van der Waals surface area (Å²) in [5.41, 5.74) is 0.913. The maximum Gasteiger partial charge on any atom is 0.249 e. The number of ether oxygens (including phenoxy) is 1. The van der Waals surface area contributed by atoms with Gasteiger partial charge >= 0.3 is 0 Å². The molecule has 0 aromatic heterocycles. The van der Waals surface area contributed by atoms with Crippen LogP contribution in [0, 0.1) is 0 Å². The van der Waals surface area contributed by atoms with Crippen LogP contribution in [0.2, 0.25) is 0 Å². The molecular formula is C12H15NO4. The summed E-state index contributed by atoms with van der Waals surface area (Å²) in [5.74, 6) is 0.0733. The number of nitrogens with zero attached hydrogens (tertiary/aromatic N) is 1. The Labute approximate surface area is 99.2 Å². The van der Waals surface area contributed by atoms with Gasteiger partial charge in [-0.15, -0.1) is 0 Å². The van der Waals surface area contributed by atoms with Crippen LogP contribution >= 0.6 is 0 Å². The number of aliphatic hydroxyl groups is 1. The summed E-state index contributed by atoms with van der Waals surface area (Å²) >= 11 is 0. The molecule has 0 aliphatic carbocycles. The zero-order valence-corrected chi connectivity index (χ0v) is 9.37. The molecule has 1 fully saturated rings. The van der Waals surface area contributed by atoms with E-state index in [2.05, 4.69) is 0 Å². The van der Waals surface area contributed by atoms with Gasteiger partial charge in [0.25, 0.3) is 0 Å². The molecule has 1 aliphatic heterocycles. The number of hydrogen-bond acceptors (Lipinski definition) is 4. The van der Waals surface area contributed by atoms with Crippen LogP contribution in [0.15, 0.2) is 24.3 Å². The molecular weight excluding hydrogens is 222 g/mol. The van der Waals surface area contributed by atoms with Gasteiger partial charge in [0, 0.05) is 6.54 Å². The number of phenols is 1. The minimum absolute atomic E-state index is 0.0641. The number of morpholine rings is 1. The average Bonchev–Trinajstić information content (AvgIpc) is 2.34. The van der Waals surface area contributed by atoms with E-state index in [0.717, 1.165) is 5.56 Å². The van der Waals surface area contributed by atoms with Crippen LogP contribution < -0.4 is 0 Å². The first-order valence-corrected chi connectivity index (χ1v) is 5.46. The van der Waals surface area contributed by atoms with E-state index in [1.54, 1.807) is 29.2 Å². The monoisotopic (exact) mass is 237 g/mol. The van der Waals surface area contributed by atoms with E-state index in [9.17, 15) is 15.0 Å². The van der Waals surface area contributed by atoms with Gasteiger partial charge in [0.15, 0.2) is 0 Å². The number of hydrogen-bond donors (Lipinski definition) is 2. The number of aliphatic hydroxyl groups excluding tert-OH is 1. The molecule has 1 saturated heterocycles. The fraction of sp³-hybridized carbons (Fsp3) is 0.417. The highest BCUT2D eigenvalue weighted by Gasteiger charge is 2.27. The maximum absolute atomic E-state index is 11.7. The molecule has 1 aromatic rings. The van der Waals surface area contributed by atoms with Gasteiger partial charge in [-0.25, -0.2) is 0 Å². The summed E-state index contributed by atoms with van der Waals surface area (Å²) in [7, 11) is 0. The first kappa shape index (κ1) is 11.9. The van der Waals surface area contributed by atoms with E-state index in [4.69, 9.17) is 4.74 Å². The van der Waals surface area contributed by atoms with Gasteiger partial charge in [-0.3, -0.25) is 4.79 Å². The van der Waals surface area contributed by atoms with E-state index in [1.165, 1.54) is 0 Å². The van der Waals surface area contributed by atoms with E-state index in [0.29, 0.717) is 13.2 Å². The van der Waals surface area contributed by atoms with Crippen molar-refractivity contribution in [2.24, 2.45) is 0 Å². The molecule has 1 heterocycles. The summed E-state index contributed by atoms with van der Waals surface area (Å²) in [5, 5.41) is 18.4. The highest BCUT2D eigenvalue weighted by molar-refractivity contribution is 5.78. The third-order valence-electron chi connectivity index (χ3n) is 2.80. The molecule has 1 aromatic carbocycles. The largest absolute Gasteiger partial charge is 0.508 e. The summed E-state index contributed by atoms with van der Waals surface area (Å²) < 4.78 is 5.08. The summed E-state index contributed by atoms with van der Waals surface area (Å²) in [4.78, 5) is 13.3. The molecule has 17 heavy (non-hydrogen) atoms. The van der Waals surface area contributed by atoms with Gasteiger partial charge < -0.3 is 19.8 Å². The van der Waals surface area contributed by atoms with E-state index in [1.807, 2.05) is 0 Å². The van der Waals surface area contributed by atoms with Gasteiger partial charge in [0.05, 0.1) is 19.3 Å². The second-order valence-electron chi connectivity index (χ2n) is 4.04. The van der Waals surface area contributed by atoms with Crippen molar-refractivity contribution in [1.82, 2.24) is 4.90 Å². The molecule has 1 amide bonds. The Bertz CT molecular complexity index is 390. The van der Waals surface area contributed by atoms with Crippen molar-refractivity contribution in [3.8, 4) is 5.75 Å². The zero-order chi connectivity index (χ0) is 12.3. The van der Waals surface area contributed by atoms with E-state index >= 15 is 0 Å². The zero-order valence-electron chi connectivity index (χ0n) is 9.37. The van der Waals surface area contributed by atoms with E-state index in [-0.39, 0.29) is 30.9 Å². The van der Waals surface area contributed by atoms with Crippen molar-refractivity contribution < 1.29 is 19.7 Å². The second kappa shape index (κ2) is 5.16. The van der Waals surface area contributed by atoms with Gasteiger partial charge in [0.2, 0.25) is 5.91 Å². The Hall–Kier alpha value is -1.59. The molecule has 1 atom stereocenters. The molecule has 1 aliphatic rings. The van der Waals surface area contributed by atoms with Crippen LogP contribution in [0.3, 0.4) is 0 Å². The standard InChI is InChI=1S/C12H15NO4/c14-6-10-7-17-8-12(16)13(10)5-9-1-3-11(15)4-2-9/h1-4,10,14-15H,5-8H2. The van der Waals surface area contributed by atoms with Crippen molar-refractivity contribution in [2.45, 2.75) is 12.6 Å². The lowest BCUT2D eigenvalue weighted by atomic mass is 10.1. The molecule has 0 bridgehead atoms. The lowest BCUT2D eigenvalue weighted by Crippen LogP contribution is -2.50. The number of aromatic hydroxyl groups is 1. The van der Waals surface area contributed by atoms with Gasteiger partial charge in [0.1, 0.15) is 12.4 Å². The molecule has 0 radical (unpaired) electrons. The Balaban J connectivity index is 2.09. The SMILES string of the molecule is O=C1COCC(CO)N1Cc1ccc(O)cc1. The second-order valence-corrected chi connectivity index (χ2v) is 4.04. The molecule has 5 nitrogen and oxygen atoms in total. The number of carbonyl (C=O) groups is 1. The Morgan fingerprint density at radius 1 is 1.35 bits per heavy atom. The smallest absolute Gasteiger partial charge is 0.249 e. The van der Waals surface area contributed by atoms with Crippen molar-refractivity contribution in [3.63, 3.8) is 0 Å². The van der Waals surface area contributed by atoms with Crippen molar-refractivity contribution >= 4 is 5.91 Å². The minimum atomic E-state index is -0.287. The van der Waals surface area contributed by atoms with Gasteiger partial charge in [-0.1, -0.05) is 12.1 Å². The summed E-state index contributed by atoms with van der Waals surface area (Å²) in [6, 6.07) is 6.38. The van der Waals surface area contributed by atoms with Crippen molar-refractivity contribution in [1.29, 1.82) is 0 Å². The Morgan fingerprint density at radius 2 is 2.06 bits per heavy atom. The molecule has 0 saturated carbocycles. The third-order valence-corrected chi connectivity index (χ3v) is 2.80. The quantitative estimate of drug-likeness (QED) is 0.783. The molecule has 1 unspecified atom stereocenters. The third kappa shape index (κ3) is 2.75. The number of benzene rings is 1. The first-order valence-electron chi connectivity index (χ1n) is 5.46. The molecule has 5 heteroatoms. The minimum Gasteiger partial charge on any atom is -0.508 e. The lowest BCUT2D eigenvalue weighted by molar-refractivity contribution is -0.151. The normalized spacial score (nSPS) is 20.6. The number of rotatable bonds is 3. The molecule has 2 N–H and O–H groups in total. The average molecular weight is 237 g/mol. The van der Waals surface area contributed by atoms with Crippen LogP contribution in [0.5, 0.6) is 5.75 Å². The van der Waals surface area contributed by atoms with Gasteiger partial charge in [-0.2, -0.15) is 0 Å². The summed E-state index contributed by atoms with van der Waals surface area (Å²) in [6.45, 7) is 0.742. The fourth-order valence-electron chi connectivity index (χ4n) is 1.83. The van der Waals surface area contributed by atoms with E-state index < -0.39 is 0 Å². The lowest BCUT2D eigenvalue weighted by Gasteiger charge is -2.34. The number of amides is 1. The highest BCUT2D eigenvalue weighted by atomic mass is 16.5. The van der Waals surface area contributed by atoms with Crippen molar-refractivity contribution in [3.05, 3.63) is 29.8 Å². The summed E-state index contributed by atoms with van der Waals surface area (Å²) in [6.07, 6.45) is 0. The van der Waals surface area contributed by atoms with Crippen LogP contribution in [0.1, 0.15) is 5.56 Å². The van der Waals surface area contributed by atoms with Crippen LogP contribution in [0.25, 0.3) is 0 Å². The van der Waals surface area contributed by atoms with Gasteiger partial charge in [-0.05, 0) is 17.7 Å². The van der Waals surface area contributed by atoms with Crippen molar-refractivity contribution in [2.75, 3.05) is 19.8 Å². The molecule has 0 spiro atoms. The number of carbonyl (C=O) groups excluding carboxylic acids is 1.